The van der Waals surface area contributed by atoms with E-state index >= 15 is 0 Å². The number of carbonyl (C=O) groups is 2. The smallest absolute Gasteiger partial charge is 0.237 e. The number of nitrogens with one attached hydrogen (secondary N) is 1. The summed E-state index contributed by atoms with van der Waals surface area (Å²) in [5, 5.41) is 2.91. The first-order chi connectivity index (χ1) is 10.9. The Morgan fingerprint density at radius 3 is 2.39 bits per heavy atom. The second-order valence-corrected chi connectivity index (χ2v) is 7.09. The molecule has 0 spiro atoms. The van der Waals surface area contributed by atoms with Crippen LogP contribution in [0, 0.1) is 11.3 Å². The molecule has 0 aromatic heterocycles. The molecule has 1 aromatic rings. The van der Waals surface area contributed by atoms with Gasteiger partial charge in [0.05, 0.1) is 0 Å². The number of hydrogen-bond donors (Lipinski definition) is 1. The fourth-order valence-electron chi connectivity index (χ4n) is 2.89. The van der Waals surface area contributed by atoms with Crippen molar-refractivity contribution in [2.45, 2.75) is 40.0 Å². The highest BCUT2D eigenvalue weighted by Gasteiger charge is 2.39. The molecule has 1 aliphatic rings. The van der Waals surface area contributed by atoms with Crippen LogP contribution in [0.1, 0.15) is 39.2 Å². The van der Waals surface area contributed by atoms with Crippen molar-refractivity contribution in [2.75, 3.05) is 19.6 Å². The summed E-state index contributed by atoms with van der Waals surface area (Å²) in [4.78, 5) is 27.0. The lowest BCUT2D eigenvalue weighted by Gasteiger charge is -2.35. The van der Waals surface area contributed by atoms with Crippen molar-refractivity contribution in [3.8, 4) is 0 Å². The fraction of sp³-hybridized carbons (Fsp3) is 0.579. The van der Waals surface area contributed by atoms with Gasteiger partial charge in [0.15, 0.2) is 0 Å². The standard InChI is InChI=1S/C19H28N2O2/c1-15-10-13-21(14-11-15)18(23)19(2,3)17(22)20-12-9-16-7-5-4-6-8-16/h4-8,15H,9-14H2,1-3H3,(H,20,22). The Morgan fingerprint density at radius 2 is 1.78 bits per heavy atom. The number of benzene rings is 1. The molecule has 23 heavy (non-hydrogen) atoms. The molecule has 2 rings (SSSR count). The minimum Gasteiger partial charge on any atom is -0.355 e. The maximum Gasteiger partial charge on any atom is 0.237 e. The van der Waals surface area contributed by atoms with E-state index in [1.54, 1.807) is 13.8 Å². The van der Waals surface area contributed by atoms with E-state index < -0.39 is 5.41 Å². The molecule has 0 saturated carbocycles. The molecule has 1 fully saturated rings. The van der Waals surface area contributed by atoms with E-state index in [1.165, 1.54) is 5.56 Å². The van der Waals surface area contributed by atoms with E-state index in [0.29, 0.717) is 12.5 Å². The SMILES string of the molecule is CC1CCN(C(=O)C(C)(C)C(=O)NCCc2ccccc2)CC1. The highest BCUT2D eigenvalue weighted by atomic mass is 16.2. The normalized spacial score (nSPS) is 16.2. The zero-order valence-corrected chi connectivity index (χ0v) is 14.5. The van der Waals surface area contributed by atoms with Gasteiger partial charge in [-0.2, -0.15) is 0 Å². The third-order valence-electron chi connectivity index (χ3n) is 4.72. The van der Waals surface area contributed by atoms with E-state index in [4.69, 9.17) is 0 Å². The predicted molar refractivity (Wildman–Crippen MR) is 91.9 cm³/mol. The molecule has 1 aliphatic heterocycles. The molecular weight excluding hydrogens is 288 g/mol. The summed E-state index contributed by atoms with van der Waals surface area (Å²) in [5.41, 5.74) is 0.180. The highest BCUT2D eigenvalue weighted by Crippen LogP contribution is 2.24. The van der Waals surface area contributed by atoms with Crippen LogP contribution in [0.15, 0.2) is 30.3 Å². The number of carbonyl (C=O) groups excluding carboxylic acids is 2. The summed E-state index contributed by atoms with van der Waals surface area (Å²) >= 11 is 0. The number of likely N-dealkylation sites (tertiary alicyclic amines) is 1. The van der Waals surface area contributed by atoms with Gasteiger partial charge in [-0.05, 0) is 44.6 Å². The van der Waals surface area contributed by atoms with Crippen LogP contribution in [0.3, 0.4) is 0 Å². The Hall–Kier alpha value is -1.84. The van der Waals surface area contributed by atoms with Crippen molar-refractivity contribution in [2.24, 2.45) is 11.3 Å². The molecule has 1 N–H and O–H groups in total. The van der Waals surface area contributed by atoms with Crippen LogP contribution in [0.4, 0.5) is 0 Å². The molecule has 0 unspecified atom stereocenters. The first-order valence-corrected chi connectivity index (χ1v) is 8.53. The van der Waals surface area contributed by atoms with Gasteiger partial charge in [0.1, 0.15) is 5.41 Å². The van der Waals surface area contributed by atoms with Crippen molar-refractivity contribution in [3.63, 3.8) is 0 Å². The van der Waals surface area contributed by atoms with Crippen molar-refractivity contribution in [1.82, 2.24) is 10.2 Å². The molecule has 2 amide bonds. The maximum atomic E-state index is 12.7. The van der Waals surface area contributed by atoms with Crippen molar-refractivity contribution >= 4 is 11.8 Å². The van der Waals surface area contributed by atoms with Crippen molar-refractivity contribution < 1.29 is 9.59 Å². The Kier molecular flexibility index (Phi) is 5.80. The molecule has 126 valence electrons. The zero-order chi connectivity index (χ0) is 16.9. The second-order valence-electron chi connectivity index (χ2n) is 7.09. The summed E-state index contributed by atoms with van der Waals surface area (Å²) < 4.78 is 0. The molecule has 4 heteroatoms. The van der Waals surface area contributed by atoms with Gasteiger partial charge in [-0.3, -0.25) is 9.59 Å². The first kappa shape index (κ1) is 17.5. The summed E-state index contributed by atoms with van der Waals surface area (Å²) in [6.45, 7) is 7.75. The minimum absolute atomic E-state index is 0.0541. The molecular formula is C19H28N2O2. The van der Waals surface area contributed by atoms with Crippen LogP contribution in [0.2, 0.25) is 0 Å². The lowest BCUT2D eigenvalue weighted by Crippen LogP contribution is -2.51. The largest absolute Gasteiger partial charge is 0.355 e. The fourth-order valence-corrected chi connectivity index (χ4v) is 2.89. The lowest BCUT2D eigenvalue weighted by molar-refractivity contribution is -0.149. The Bertz CT molecular complexity index is 532. The van der Waals surface area contributed by atoms with E-state index in [9.17, 15) is 9.59 Å². The van der Waals surface area contributed by atoms with Crippen molar-refractivity contribution in [1.29, 1.82) is 0 Å². The predicted octanol–water partition coefficient (Wildman–Crippen LogP) is 2.63. The number of nitrogens with zero attached hydrogens (tertiary/aromatic N) is 1. The topological polar surface area (TPSA) is 49.4 Å². The van der Waals surface area contributed by atoms with Gasteiger partial charge >= 0.3 is 0 Å². The van der Waals surface area contributed by atoms with Gasteiger partial charge in [-0.25, -0.2) is 0 Å². The average molecular weight is 316 g/mol. The van der Waals surface area contributed by atoms with Crippen LogP contribution in [0.5, 0.6) is 0 Å². The quantitative estimate of drug-likeness (QED) is 0.849. The number of rotatable bonds is 5. The maximum absolute atomic E-state index is 12.7. The summed E-state index contributed by atoms with van der Waals surface area (Å²) in [6, 6.07) is 10.0. The first-order valence-electron chi connectivity index (χ1n) is 8.53. The van der Waals surface area contributed by atoms with Gasteiger partial charge in [-0.1, -0.05) is 37.3 Å². The van der Waals surface area contributed by atoms with E-state index in [1.807, 2.05) is 35.2 Å². The summed E-state index contributed by atoms with van der Waals surface area (Å²) in [6.07, 6.45) is 2.83. The molecule has 0 atom stereocenters. The van der Waals surface area contributed by atoms with Crippen LogP contribution < -0.4 is 5.32 Å². The third kappa shape index (κ3) is 4.57. The van der Waals surface area contributed by atoms with E-state index in [0.717, 1.165) is 32.4 Å². The van der Waals surface area contributed by atoms with Gasteiger partial charge < -0.3 is 10.2 Å². The van der Waals surface area contributed by atoms with E-state index in [2.05, 4.69) is 12.2 Å². The van der Waals surface area contributed by atoms with Crippen molar-refractivity contribution in [3.05, 3.63) is 35.9 Å². The molecule has 1 saturated heterocycles. The van der Waals surface area contributed by atoms with Crippen LogP contribution in [0.25, 0.3) is 0 Å². The lowest BCUT2D eigenvalue weighted by atomic mass is 9.88. The molecule has 0 radical (unpaired) electrons. The number of amides is 2. The molecule has 1 heterocycles. The van der Waals surface area contributed by atoms with Crippen LogP contribution in [-0.4, -0.2) is 36.3 Å². The Morgan fingerprint density at radius 1 is 1.17 bits per heavy atom. The molecule has 0 bridgehead atoms. The summed E-state index contributed by atoms with van der Waals surface area (Å²) in [7, 11) is 0. The minimum atomic E-state index is -1.00. The van der Waals surface area contributed by atoms with Gasteiger partial charge in [-0.15, -0.1) is 0 Å². The molecule has 4 nitrogen and oxygen atoms in total. The zero-order valence-electron chi connectivity index (χ0n) is 14.5. The Labute approximate surface area is 139 Å². The third-order valence-corrected chi connectivity index (χ3v) is 4.72. The highest BCUT2D eigenvalue weighted by molar-refractivity contribution is 6.04. The monoisotopic (exact) mass is 316 g/mol. The Balaban J connectivity index is 1.85. The number of hydrogen-bond acceptors (Lipinski definition) is 2. The molecule has 0 aliphatic carbocycles. The summed E-state index contributed by atoms with van der Waals surface area (Å²) in [5.74, 6) is 0.431. The van der Waals surface area contributed by atoms with Crippen LogP contribution >= 0.6 is 0 Å². The molecule has 1 aromatic carbocycles. The van der Waals surface area contributed by atoms with Gasteiger partial charge in [0, 0.05) is 19.6 Å². The number of piperidine rings is 1. The van der Waals surface area contributed by atoms with Crippen LogP contribution in [-0.2, 0) is 16.0 Å². The van der Waals surface area contributed by atoms with E-state index in [-0.39, 0.29) is 11.8 Å². The average Bonchev–Trinajstić information content (AvgIpc) is 2.55. The van der Waals surface area contributed by atoms with Gasteiger partial charge in [0.25, 0.3) is 0 Å². The van der Waals surface area contributed by atoms with Gasteiger partial charge in [0.2, 0.25) is 11.8 Å². The second kappa shape index (κ2) is 7.62.